The molecule has 0 aromatic heterocycles. The number of hydrogen-bond acceptors (Lipinski definition) is 6. The molecule has 1 heterocycles. The third-order valence-electron chi connectivity index (χ3n) is 12.8. The van der Waals surface area contributed by atoms with E-state index in [0.29, 0.717) is 13.0 Å². The number of fused-ring (bicyclic) bond motifs is 1. The number of hydrogen-bond donors (Lipinski definition) is 4. The summed E-state index contributed by atoms with van der Waals surface area (Å²) in [7, 11) is 0. The topological polar surface area (TPSA) is 168 Å². The lowest BCUT2D eigenvalue weighted by Gasteiger charge is -2.43. The van der Waals surface area contributed by atoms with Crippen molar-refractivity contribution in [1.82, 2.24) is 20.9 Å². The Morgan fingerprint density at radius 3 is 2.04 bits per heavy atom. The van der Waals surface area contributed by atoms with E-state index in [1.165, 1.54) is 0 Å². The van der Waals surface area contributed by atoms with Gasteiger partial charge in [0.15, 0.2) is 5.78 Å². The van der Waals surface area contributed by atoms with Crippen molar-refractivity contribution in [2.24, 2.45) is 46.2 Å². The number of ketones is 2. The van der Waals surface area contributed by atoms with E-state index in [-0.39, 0.29) is 46.7 Å². The van der Waals surface area contributed by atoms with Gasteiger partial charge in [0.05, 0.1) is 12.1 Å². The molecule has 0 spiro atoms. The Kier molecular flexibility index (Phi) is 9.48. The van der Waals surface area contributed by atoms with E-state index in [0.717, 1.165) is 89.9 Å². The summed E-state index contributed by atoms with van der Waals surface area (Å²) >= 11 is 0. The van der Waals surface area contributed by atoms with Crippen molar-refractivity contribution in [3.63, 3.8) is 0 Å². The Balaban J connectivity index is 1.23. The van der Waals surface area contributed by atoms with Crippen LogP contribution in [0.25, 0.3) is 0 Å². The molecule has 6 aliphatic rings. The van der Waals surface area contributed by atoms with Crippen molar-refractivity contribution in [2.75, 3.05) is 6.54 Å². The molecule has 5 amide bonds. The zero-order valence-electron chi connectivity index (χ0n) is 28.5. The first-order chi connectivity index (χ1) is 22.3. The van der Waals surface area contributed by atoms with E-state index in [2.05, 4.69) is 36.7 Å². The Labute approximate surface area is 278 Å². The average molecular weight is 654 g/mol. The van der Waals surface area contributed by atoms with Crippen LogP contribution >= 0.6 is 0 Å². The van der Waals surface area contributed by atoms with Gasteiger partial charge in [-0.2, -0.15) is 0 Å². The monoisotopic (exact) mass is 653 g/mol. The number of primary amides is 1. The number of nitrogens with zero attached hydrogens (tertiary/aromatic N) is 1. The van der Waals surface area contributed by atoms with Crippen LogP contribution in [-0.2, 0) is 24.0 Å². The third kappa shape index (κ3) is 7.09. The largest absolute Gasteiger partial charge is 0.363 e. The van der Waals surface area contributed by atoms with Gasteiger partial charge in [-0.3, -0.25) is 24.0 Å². The molecule has 11 heteroatoms. The number of urea groups is 1. The molecule has 1 saturated heterocycles. The van der Waals surface area contributed by atoms with Crippen LogP contribution in [0.2, 0.25) is 0 Å². The predicted octanol–water partition coefficient (Wildman–Crippen LogP) is 3.37. The Hall–Kier alpha value is -2.98. The number of carbonyl (C=O) groups is 6. The maximum Gasteiger partial charge on any atom is 0.316 e. The van der Waals surface area contributed by atoms with Gasteiger partial charge in [-0.25, -0.2) is 4.79 Å². The molecule has 5 N–H and O–H groups in total. The quantitative estimate of drug-likeness (QED) is 0.222. The van der Waals surface area contributed by atoms with E-state index >= 15 is 0 Å². The summed E-state index contributed by atoms with van der Waals surface area (Å²) in [6.45, 7) is 6.62. The first kappa shape index (κ1) is 33.9. The number of piperidine rings is 1. The van der Waals surface area contributed by atoms with Crippen LogP contribution < -0.4 is 21.7 Å². The summed E-state index contributed by atoms with van der Waals surface area (Å²) < 4.78 is 0. The lowest BCUT2D eigenvalue weighted by atomic mass is 9.70. The summed E-state index contributed by atoms with van der Waals surface area (Å²) in [4.78, 5) is 82.2. The highest BCUT2D eigenvalue weighted by Gasteiger charge is 2.70. The van der Waals surface area contributed by atoms with Gasteiger partial charge in [0, 0.05) is 12.5 Å². The molecule has 0 radical (unpaired) electrons. The van der Waals surface area contributed by atoms with Gasteiger partial charge in [0.25, 0.3) is 5.91 Å². The summed E-state index contributed by atoms with van der Waals surface area (Å²) in [5.74, 6) is -2.13. The van der Waals surface area contributed by atoms with Gasteiger partial charge in [-0.1, -0.05) is 72.1 Å². The predicted molar refractivity (Wildman–Crippen MR) is 174 cm³/mol. The summed E-state index contributed by atoms with van der Waals surface area (Å²) in [6, 6.07) is -3.77. The molecule has 2 unspecified atom stereocenters. The molecule has 1 aliphatic heterocycles. The highest BCUT2D eigenvalue weighted by atomic mass is 16.2. The van der Waals surface area contributed by atoms with Gasteiger partial charge in [-0.15, -0.1) is 0 Å². The molecule has 0 aromatic carbocycles. The van der Waals surface area contributed by atoms with Gasteiger partial charge >= 0.3 is 6.03 Å². The third-order valence-corrected chi connectivity index (χ3v) is 12.8. The zero-order valence-corrected chi connectivity index (χ0v) is 28.5. The van der Waals surface area contributed by atoms with Crippen molar-refractivity contribution in [1.29, 1.82) is 0 Å². The van der Waals surface area contributed by atoms with E-state index in [1.54, 1.807) is 4.90 Å². The number of amides is 5. The summed E-state index contributed by atoms with van der Waals surface area (Å²) in [5.41, 5.74) is 4.67. The molecule has 5 saturated carbocycles. The summed E-state index contributed by atoms with van der Waals surface area (Å²) in [6.07, 6.45) is 13.5. The fourth-order valence-corrected chi connectivity index (χ4v) is 9.33. The van der Waals surface area contributed by atoms with E-state index in [9.17, 15) is 28.8 Å². The molecule has 47 heavy (non-hydrogen) atoms. The molecule has 0 bridgehead atoms. The van der Waals surface area contributed by atoms with Crippen LogP contribution in [0.15, 0.2) is 0 Å². The maximum absolute atomic E-state index is 14.7. The number of Topliss-reactive ketones (excluding diaryl/α,β-unsaturated/α-hetero) is 2. The second kappa shape index (κ2) is 13.1. The van der Waals surface area contributed by atoms with Crippen LogP contribution in [0, 0.1) is 40.4 Å². The van der Waals surface area contributed by atoms with Crippen LogP contribution in [0.3, 0.4) is 0 Å². The van der Waals surface area contributed by atoms with Gasteiger partial charge in [-0.05, 0) is 79.4 Å². The normalized spacial score (nSPS) is 29.9. The fraction of sp³-hybridized carbons (Fsp3) is 0.833. The van der Waals surface area contributed by atoms with E-state index < -0.39 is 53.2 Å². The standard InChI is InChI=1S/C36H55N5O6/c1-35(2)23-19-41(27(25(23)35)32(45)38-24(18-20-12-13-20)29(43)31(37)44)33(46)30(36(3)16-8-5-9-17-36)40-34(47)39-26(28(42)22-14-15-22)21-10-6-4-7-11-21/h20-27,30H,4-19H2,1-3H3,(H2,37,44)(H,38,45)(H2,39,40,47)/t23-,24?,25?,26-,27-,30+/m0/s1. The highest BCUT2D eigenvalue weighted by Crippen LogP contribution is 2.65. The smallest absolute Gasteiger partial charge is 0.316 e. The van der Waals surface area contributed by atoms with Crippen LogP contribution in [0.4, 0.5) is 4.79 Å². The van der Waals surface area contributed by atoms with Gasteiger partial charge in [0.2, 0.25) is 17.6 Å². The van der Waals surface area contributed by atoms with Crippen LogP contribution in [0.5, 0.6) is 0 Å². The molecule has 260 valence electrons. The van der Waals surface area contributed by atoms with Crippen molar-refractivity contribution < 1.29 is 28.8 Å². The van der Waals surface area contributed by atoms with Crippen LogP contribution in [0.1, 0.15) is 117 Å². The highest BCUT2D eigenvalue weighted by molar-refractivity contribution is 6.37. The van der Waals surface area contributed by atoms with Crippen molar-refractivity contribution >= 4 is 35.3 Å². The van der Waals surface area contributed by atoms with E-state index in [4.69, 9.17) is 5.73 Å². The zero-order chi connectivity index (χ0) is 33.7. The Bertz CT molecular complexity index is 1280. The molecule has 5 aliphatic carbocycles. The minimum atomic E-state index is -1.08. The molecule has 0 aromatic rings. The molecule has 6 rings (SSSR count). The van der Waals surface area contributed by atoms with Gasteiger partial charge in [0.1, 0.15) is 12.1 Å². The van der Waals surface area contributed by atoms with Gasteiger partial charge < -0.3 is 26.6 Å². The molecular formula is C36H55N5O6. The van der Waals surface area contributed by atoms with E-state index in [1.807, 2.05) is 0 Å². The fourth-order valence-electron chi connectivity index (χ4n) is 9.33. The molecule has 6 atom stereocenters. The Morgan fingerprint density at radius 1 is 0.809 bits per heavy atom. The maximum atomic E-state index is 14.7. The number of likely N-dealkylation sites (tertiary alicyclic amines) is 1. The summed E-state index contributed by atoms with van der Waals surface area (Å²) in [5, 5.41) is 8.94. The van der Waals surface area contributed by atoms with Crippen molar-refractivity contribution in [3.05, 3.63) is 0 Å². The average Bonchev–Trinajstić information content (AvgIpc) is 4.00. The molecule has 6 fully saturated rings. The first-order valence-corrected chi connectivity index (χ1v) is 18.4. The minimum Gasteiger partial charge on any atom is -0.363 e. The SMILES string of the molecule is CC1([C@H](NC(=O)N[C@H](C(=O)C2CC2)C2CCCCC2)C(=O)N2C[C@H]3C([C@H]2C(=O)NC(CC2CC2)C(=O)C(N)=O)C3(C)C)CCCCC1. The molecule has 11 nitrogen and oxygen atoms in total. The second-order valence-electron chi connectivity index (χ2n) is 16.7. The number of carbonyl (C=O) groups excluding carboxylic acids is 6. The van der Waals surface area contributed by atoms with Crippen molar-refractivity contribution in [2.45, 2.75) is 141 Å². The second-order valence-corrected chi connectivity index (χ2v) is 16.7. The number of rotatable bonds is 13. The molecular weight excluding hydrogens is 598 g/mol. The minimum absolute atomic E-state index is 0.0136. The lowest BCUT2D eigenvalue weighted by Crippen LogP contribution is -2.63. The lowest BCUT2D eigenvalue weighted by molar-refractivity contribution is -0.145. The number of nitrogens with one attached hydrogen (secondary N) is 3. The first-order valence-electron chi connectivity index (χ1n) is 18.4. The van der Waals surface area contributed by atoms with Crippen molar-refractivity contribution in [3.8, 4) is 0 Å². The van der Waals surface area contributed by atoms with Crippen LogP contribution in [-0.4, -0.2) is 70.9 Å². The Morgan fingerprint density at radius 2 is 1.45 bits per heavy atom. The number of nitrogens with two attached hydrogens (primary N) is 1.